The maximum Gasteiger partial charge on any atom is 0.223 e. The fraction of sp³-hybridized carbons (Fsp3) is 0.429. The molecule has 1 aliphatic rings. The van der Waals surface area contributed by atoms with Gasteiger partial charge in [-0.05, 0) is 56.0 Å². The average molecular weight is 363 g/mol. The van der Waals surface area contributed by atoms with Crippen molar-refractivity contribution in [3.63, 3.8) is 0 Å². The molecule has 1 aliphatic carbocycles. The van der Waals surface area contributed by atoms with Crippen LogP contribution in [0.2, 0.25) is 0 Å². The quantitative estimate of drug-likeness (QED) is 0.769. The minimum absolute atomic E-state index is 0.122. The van der Waals surface area contributed by atoms with Crippen LogP contribution < -0.4 is 5.32 Å². The highest BCUT2D eigenvalue weighted by atomic mass is 16.1. The number of hydrogen-bond donors (Lipinski definition) is 1. The van der Waals surface area contributed by atoms with Gasteiger partial charge in [-0.25, -0.2) is 0 Å². The van der Waals surface area contributed by atoms with E-state index >= 15 is 0 Å². The zero-order valence-corrected chi connectivity index (χ0v) is 15.9. The molecular formula is C21H25N5O. The minimum Gasteiger partial charge on any atom is -0.348 e. The van der Waals surface area contributed by atoms with Crippen molar-refractivity contribution in [1.82, 2.24) is 25.1 Å². The molecule has 0 radical (unpaired) electrons. The second-order valence-corrected chi connectivity index (χ2v) is 7.46. The Hall–Kier alpha value is -2.76. The predicted octanol–water partition coefficient (Wildman–Crippen LogP) is 3.60. The highest BCUT2D eigenvalue weighted by molar-refractivity contribution is 5.78. The van der Waals surface area contributed by atoms with Gasteiger partial charge in [0.15, 0.2) is 11.5 Å². The van der Waals surface area contributed by atoms with Crippen LogP contribution in [0.3, 0.4) is 0 Å². The average Bonchev–Trinajstić information content (AvgIpc) is 3.11. The first-order valence-corrected chi connectivity index (χ1v) is 9.68. The summed E-state index contributed by atoms with van der Waals surface area (Å²) in [5, 5.41) is 16.1. The van der Waals surface area contributed by atoms with Crippen LogP contribution in [0.4, 0.5) is 0 Å². The Kier molecular flexibility index (Phi) is 4.88. The summed E-state index contributed by atoms with van der Waals surface area (Å²) in [4.78, 5) is 12.4. The number of aromatic nitrogens is 4. The molecule has 1 saturated carbocycles. The van der Waals surface area contributed by atoms with Gasteiger partial charge in [0.1, 0.15) is 0 Å². The summed E-state index contributed by atoms with van der Waals surface area (Å²) in [6.07, 6.45) is 5.51. The molecule has 6 nitrogen and oxygen atoms in total. The lowest BCUT2D eigenvalue weighted by Gasteiger charge is -2.20. The van der Waals surface area contributed by atoms with E-state index in [1.807, 2.05) is 12.1 Å². The molecule has 140 valence electrons. The Morgan fingerprint density at radius 2 is 1.89 bits per heavy atom. The third-order valence-electron chi connectivity index (χ3n) is 5.53. The Morgan fingerprint density at radius 3 is 2.67 bits per heavy atom. The largest absolute Gasteiger partial charge is 0.348 e. The third-order valence-corrected chi connectivity index (χ3v) is 5.53. The number of rotatable bonds is 4. The maximum absolute atomic E-state index is 12.4. The molecule has 4 rings (SSSR count). The van der Waals surface area contributed by atoms with E-state index in [1.54, 1.807) is 4.52 Å². The normalized spacial score (nSPS) is 15.2. The summed E-state index contributed by atoms with van der Waals surface area (Å²) in [5.74, 6) is 0.911. The van der Waals surface area contributed by atoms with Gasteiger partial charge in [-0.15, -0.1) is 10.2 Å². The second-order valence-electron chi connectivity index (χ2n) is 7.46. The lowest BCUT2D eigenvalue weighted by atomic mass is 9.89. The summed E-state index contributed by atoms with van der Waals surface area (Å²) < 4.78 is 1.73. The van der Waals surface area contributed by atoms with Crippen molar-refractivity contribution in [3.05, 3.63) is 47.3 Å². The molecular weight excluding hydrogens is 338 g/mol. The molecule has 0 bridgehead atoms. The van der Waals surface area contributed by atoms with Crippen molar-refractivity contribution in [2.24, 2.45) is 5.92 Å². The first-order chi connectivity index (χ1) is 13.1. The molecule has 6 heteroatoms. The van der Waals surface area contributed by atoms with Gasteiger partial charge in [0, 0.05) is 11.5 Å². The molecule has 1 N–H and O–H groups in total. The molecule has 0 aliphatic heterocycles. The van der Waals surface area contributed by atoms with Gasteiger partial charge >= 0.3 is 0 Å². The van der Waals surface area contributed by atoms with Crippen molar-refractivity contribution >= 4 is 11.6 Å². The summed E-state index contributed by atoms with van der Waals surface area (Å²) in [7, 11) is 0. The van der Waals surface area contributed by atoms with Crippen LogP contribution in [-0.2, 0) is 11.3 Å². The Morgan fingerprint density at radius 1 is 1.07 bits per heavy atom. The topological polar surface area (TPSA) is 72.2 Å². The van der Waals surface area contributed by atoms with Crippen LogP contribution >= 0.6 is 0 Å². The van der Waals surface area contributed by atoms with Gasteiger partial charge in [-0.2, -0.15) is 9.61 Å². The summed E-state index contributed by atoms with van der Waals surface area (Å²) in [6.45, 7) is 4.55. The minimum atomic E-state index is 0.122. The van der Waals surface area contributed by atoms with Crippen LogP contribution in [0.5, 0.6) is 0 Å². The molecule has 1 aromatic carbocycles. The number of fused-ring (bicyclic) bond motifs is 1. The first-order valence-electron chi connectivity index (χ1n) is 9.68. The number of nitrogens with one attached hydrogen (secondary N) is 1. The lowest BCUT2D eigenvalue weighted by molar-refractivity contribution is -0.126. The third kappa shape index (κ3) is 3.70. The summed E-state index contributed by atoms with van der Waals surface area (Å²) in [5.41, 5.74) is 5.11. The van der Waals surface area contributed by atoms with E-state index in [-0.39, 0.29) is 11.8 Å². The molecule has 1 amide bonds. The van der Waals surface area contributed by atoms with Gasteiger partial charge in [-0.1, -0.05) is 31.4 Å². The van der Waals surface area contributed by atoms with E-state index in [2.05, 4.69) is 47.6 Å². The first kappa shape index (κ1) is 17.6. The zero-order valence-electron chi connectivity index (χ0n) is 15.9. The summed E-state index contributed by atoms with van der Waals surface area (Å²) in [6, 6.07) is 10.2. The number of nitrogens with zero attached hydrogens (tertiary/aromatic N) is 4. The van der Waals surface area contributed by atoms with Crippen LogP contribution in [0.1, 0.15) is 49.1 Å². The van der Waals surface area contributed by atoms with Crippen molar-refractivity contribution < 1.29 is 4.79 Å². The zero-order chi connectivity index (χ0) is 18.8. The van der Waals surface area contributed by atoms with Crippen LogP contribution in [0.25, 0.3) is 16.9 Å². The molecule has 27 heavy (non-hydrogen) atoms. The van der Waals surface area contributed by atoms with Crippen molar-refractivity contribution in [3.8, 4) is 11.3 Å². The van der Waals surface area contributed by atoms with Crippen molar-refractivity contribution in [2.75, 3.05) is 0 Å². The standard InChI is InChI=1S/C21H25N5O/c1-14-8-9-17(12-15(14)2)18-10-11-19-23-24-20(26(19)25-18)13-22-21(27)16-6-4-3-5-7-16/h8-12,16H,3-7,13H2,1-2H3,(H,22,27). The molecule has 3 aromatic rings. The van der Waals surface area contributed by atoms with Crippen LogP contribution in [0.15, 0.2) is 30.3 Å². The van der Waals surface area contributed by atoms with E-state index < -0.39 is 0 Å². The molecule has 1 fully saturated rings. The van der Waals surface area contributed by atoms with Crippen molar-refractivity contribution in [2.45, 2.75) is 52.5 Å². The molecule has 0 unspecified atom stereocenters. The van der Waals surface area contributed by atoms with E-state index in [1.165, 1.54) is 17.5 Å². The molecule has 0 spiro atoms. The molecule has 0 atom stereocenters. The SMILES string of the molecule is Cc1ccc(-c2ccc3nnc(CNC(=O)C4CCCCC4)n3n2)cc1C. The van der Waals surface area contributed by atoms with Gasteiger partial charge in [0.25, 0.3) is 0 Å². The van der Waals surface area contributed by atoms with Gasteiger partial charge < -0.3 is 5.32 Å². The number of carbonyl (C=O) groups is 1. The van der Waals surface area contributed by atoms with Crippen LogP contribution in [0, 0.1) is 19.8 Å². The van der Waals surface area contributed by atoms with E-state index in [4.69, 9.17) is 5.10 Å². The fourth-order valence-electron chi connectivity index (χ4n) is 3.67. The van der Waals surface area contributed by atoms with Crippen molar-refractivity contribution in [1.29, 1.82) is 0 Å². The van der Waals surface area contributed by atoms with E-state index in [0.29, 0.717) is 18.0 Å². The smallest absolute Gasteiger partial charge is 0.223 e. The number of hydrogen-bond acceptors (Lipinski definition) is 4. The maximum atomic E-state index is 12.4. The Balaban J connectivity index is 1.55. The molecule has 2 heterocycles. The van der Waals surface area contributed by atoms with E-state index in [0.717, 1.165) is 36.9 Å². The fourth-order valence-corrected chi connectivity index (χ4v) is 3.67. The summed E-state index contributed by atoms with van der Waals surface area (Å²) >= 11 is 0. The second kappa shape index (κ2) is 7.47. The Labute approximate surface area is 159 Å². The number of amides is 1. The van der Waals surface area contributed by atoms with Crippen LogP contribution in [-0.4, -0.2) is 25.7 Å². The highest BCUT2D eigenvalue weighted by Gasteiger charge is 2.21. The Bertz CT molecular complexity index is 972. The van der Waals surface area contributed by atoms with Gasteiger partial charge in [0.2, 0.25) is 5.91 Å². The number of aryl methyl sites for hydroxylation is 2. The molecule has 0 saturated heterocycles. The van der Waals surface area contributed by atoms with Gasteiger partial charge in [0.05, 0.1) is 12.2 Å². The van der Waals surface area contributed by atoms with Gasteiger partial charge in [-0.3, -0.25) is 4.79 Å². The monoisotopic (exact) mass is 363 g/mol. The molecule has 2 aromatic heterocycles. The highest BCUT2D eigenvalue weighted by Crippen LogP contribution is 2.24. The number of carbonyl (C=O) groups excluding carboxylic acids is 1. The predicted molar refractivity (Wildman–Crippen MR) is 104 cm³/mol. The number of benzene rings is 1. The van der Waals surface area contributed by atoms with E-state index in [9.17, 15) is 4.79 Å². The lowest BCUT2D eigenvalue weighted by Crippen LogP contribution is -2.32.